The van der Waals surface area contributed by atoms with E-state index in [1.54, 1.807) is 0 Å². The molecule has 0 bridgehead atoms. The van der Waals surface area contributed by atoms with Crippen LogP contribution in [0.3, 0.4) is 0 Å². The van der Waals surface area contributed by atoms with Gasteiger partial charge in [0.2, 0.25) is 0 Å². The van der Waals surface area contributed by atoms with Gasteiger partial charge in [0.15, 0.2) is 5.13 Å². The van der Waals surface area contributed by atoms with Crippen LogP contribution < -0.4 is 4.72 Å². The summed E-state index contributed by atoms with van der Waals surface area (Å²) in [5.74, 6) is 0. The van der Waals surface area contributed by atoms with Gasteiger partial charge in [-0.2, -0.15) is 9.65 Å². The van der Waals surface area contributed by atoms with Gasteiger partial charge in [-0.25, -0.2) is 8.42 Å². The minimum absolute atomic E-state index is 0.0932. The molecule has 0 aliphatic heterocycles. The molecule has 0 saturated heterocycles. The van der Waals surface area contributed by atoms with Crippen LogP contribution in [0.5, 0.6) is 0 Å². The maximum absolute atomic E-state index is 12.8. The van der Waals surface area contributed by atoms with Crippen molar-refractivity contribution in [2.45, 2.75) is 4.21 Å². The lowest BCUT2D eigenvalue weighted by Crippen LogP contribution is -2.11. The molecule has 0 fully saturated rings. The van der Waals surface area contributed by atoms with E-state index in [0.29, 0.717) is 22.6 Å². The van der Waals surface area contributed by atoms with Gasteiger partial charge in [0, 0.05) is 5.69 Å². The molecule has 1 N–H and O–H groups in total. The van der Waals surface area contributed by atoms with Crippen LogP contribution in [-0.4, -0.2) is 8.42 Å². The van der Waals surface area contributed by atoms with Crippen LogP contribution in [0.1, 0.15) is 5.56 Å². The highest BCUT2D eigenvalue weighted by molar-refractivity contribution is 7.94. The Hall–Kier alpha value is -1.91. The molecule has 2 rings (SSSR count). The predicted molar refractivity (Wildman–Crippen MR) is 66.2 cm³/mol. The number of rotatable bonds is 3. The van der Waals surface area contributed by atoms with Gasteiger partial charge >= 0.3 is 0 Å². The lowest BCUT2D eigenvalue weighted by atomic mass is 10.2. The minimum Gasteiger partial charge on any atom is -0.279 e. The van der Waals surface area contributed by atoms with E-state index >= 15 is 0 Å². The van der Waals surface area contributed by atoms with Gasteiger partial charge in [0.25, 0.3) is 10.0 Å². The second-order valence-electron chi connectivity index (χ2n) is 3.35. The van der Waals surface area contributed by atoms with E-state index in [0.717, 1.165) is 6.07 Å². The van der Waals surface area contributed by atoms with Gasteiger partial charge in [0.1, 0.15) is 4.21 Å². The number of hydrogen-bond acceptors (Lipinski definition) is 4. The van der Waals surface area contributed by atoms with Crippen molar-refractivity contribution in [2.75, 3.05) is 4.72 Å². The van der Waals surface area contributed by atoms with Crippen molar-refractivity contribution < 1.29 is 12.8 Å². The average Bonchev–Trinajstić information content (AvgIpc) is 2.77. The molecule has 0 aliphatic carbocycles. The number of thiophene rings is 1. The normalized spacial score (nSPS) is 10.9. The Kier molecular flexibility index (Phi) is 3.32. The molecule has 1 heterocycles. The zero-order valence-corrected chi connectivity index (χ0v) is 10.6. The molecular weight excluding hydrogens is 275 g/mol. The zero-order chi connectivity index (χ0) is 13.2. The summed E-state index contributed by atoms with van der Waals surface area (Å²) in [6, 6.07) is 10.2. The largest absolute Gasteiger partial charge is 0.279 e. The Morgan fingerprint density at radius 2 is 1.83 bits per heavy atom. The van der Waals surface area contributed by atoms with E-state index < -0.39 is 15.2 Å². The number of hydrogen-bond donors (Lipinski definition) is 1. The molecule has 0 spiro atoms. The molecule has 18 heavy (non-hydrogen) atoms. The zero-order valence-electron chi connectivity index (χ0n) is 8.92. The highest BCUT2D eigenvalue weighted by atomic mass is 32.2. The molecule has 0 aliphatic rings. The Morgan fingerprint density at radius 1 is 1.17 bits per heavy atom. The first-order valence-electron chi connectivity index (χ1n) is 4.79. The van der Waals surface area contributed by atoms with Gasteiger partial charge < -0.3 is 0 Å². The van der Waals surface area contributed by atoms with Crippen LogP contribution in [0.25, 0.3) is 0 Å². The molecule has 1 aromatic carbocycles. The maximum atomic E-state index is 12.8. The van der Waals surface area contributed by atoms with E-state index in [2.05, 4.69) is 4.72 Å². The summed E-state index contributed by atoms with van der Waals surface area (Å²) in [7, 11) is -3.77. The summed E-state index contributed by atoms with van der Waals surface area (Å²) in [5, 5.41) is 8.05. The highest BCUT2D eigenvalue weighted by Gasteiger charge is 2.16. The van der Waals surface area contributed by atoms with Gasteiger partial charge in [0.05, 0.1) is 11.6 Å². The summed E-state index contributed by atoms with van der Waals surface area (Å²) < 4.78 is 38.7. The van der Waals surface area contributed by atoms with E-state index in [1.807, 2.05) is 6.07 Å². The predicted octanol–water partition coefficient (Wildman–Crippen LogP) is 2.56. The quantitative estimate of drug-likeness (QED) is 0.940. The number of nitrogens with zero attached hydrogens (tertiary/aromatic N) is 1. The fourth-order valence-electron chi connectivity index (χ4n) is 1.26. The van der Waals surface area contributed by atoms with E-state index in [1.165, 1.54) is 30.3 Å². The highest BCUT2D eigenvalue weighted by Crippen LogP contribution is 2.22. The average molecular weight is 282 g/mol. The van der Waals surface area contributed by atoms with Gasteiger partial charge in [-0.15, -0.1) is 0 Å². The number of sulfonamides is 1. The number of halogens is 1. The third-order valence-electron chi connectivity index (χ3n) is 2.08. The third kappa shape index (κ3) is 2.67. The van der Waals surface area contributed by atoms with Crippen LogP contribution in [0.15, 0.2) is 40.6 Å². The van der Waals surface area contributed by atoms with E-state index in [4.69, 9.17) is 5.26 Å². The SMILES string of the molecule is N#Cc1ccc(NS(=O)(=O)c2ccc(F)s2)cc1. The number of nitrogens with one attached hydrogen (secondary N) is 1. The topological polar surface area (TPSA) is 70.0 Å². The Bertz CT molecular complexity index is 699. The van der Waals surface area contributed by atoms with Crippen LogP contribution >= 0.6 is 11.3 Å². The molecule has 0 saturated carbocycles. The van der Waals surface area contributed by atoms with Crippen LogP contribution in [0.4, 0.5) is 10.1 Å². The summed E-state index contributed by atoms with van der Waals surface area (Å²) >= 11 is 0.552. The molecular formula is C11H7FN2O2S2. The monoisotopic (exact) mass is 282 g/mol. The summed E-state index contributed by atoms with van der Waals surface area (Å²) in [4.78, 5) is 0. The van der Waals surface area contributed by atoms with Crippen LogP contribution in [-0.2, 0) is 10.0 Å². The summed E-state index contributed by atoms with van der Waals surface area (Å²) in [6.45, 7) is 0. The Balaban J connectivity index is 2.25. The van der Waals surface area contributed by atoms with E-state index in [-0.39, 0.29) is 4.21 Å². The van der Waals surface area contributed by atoms with Gasteiger partial charge in [-0.3, -0.25) is 4.72 Å². The van der Waals surface area contributed by atoms with E-state index in [9.17, 15) is 12.8 Å². The van der Waals surface area contributed by atoms with Crippen molar-refractivity contribution >= 4 is 27.0 Å². The standard InChI is InChI=1S/C11H7FN2O2S2/c12-10-5-6-11(17-10)18(15,16)14-9-3-1-8(7-13)2-4-9/h1-6,14H. The van der Waals surface area contributed by atoms with Crippen molar-refractivity contribution in [3.63, 3.8) is 0 Å². The first-order chi connectivity index (χ1) is 8.51. The van der Waals surface area contributed by atoms with Gasteiger partial charge in [-0.05, 0) is 36.4 Å². The second-order valence-corrected chi connectivity index (χ2v) is 6.30. The third-order valence-corrected chi connectivity index (χ3v) is 4.83. The van der Waals surface area contributed by atoms with Crippen molar-refractivity contribution in [2.24, 2.45) is 0 Å². The lowest BCUT2D eigenvalue weighted by molar-refractivity contribution is 0.603. The van der Waals surface area contributed by atoms with Crippen molar-refractivity contribution in [1.29, 1.82) is 5.26 Å². The number of benzene rings is 1. The molecule has 1 aromatic heterocycles. The molecule has 2 aromatic rings. The van der Waals surface area contributed by atoms with Crippen molar-refractivity contribution in [3.8, 4) is 6.07 Å². The lowest BCUT2D eigenvalue weighted by Gasteiger charge is -2.05. The molecule has 0 amide bonds. The Labute approximate surface area is 107 Å². The minimum atomic E-state index is -3.77. The fourth-order valence-corrected chi connectivity index (χ4v) is 3.32. The number of nitriles is 1. The molecule has 0 unspecified atom stereocenters. The molecule has 0 radical (unpaired) electrons. The first kappa shape index (κ1) is 12.5. The molecule has 92 valence electrons. The summed E-state index contributed by atoms with van der Waals surface area (Å²) in [6.07, 6.45) is 0. The number of anilines is 1. The Morgan fingerprint density at radius 3 is 2.33 bits per heavy atom. The second kappa shape index (κ2) is 4.76. The van der Waals surface area contributed by atoms with Crippen molar-refractivity contribution in [3.05, 3.63) is 47.1 Å². The fraction of sp³-hybridized carbons (Fsp3) is 0. The van der Waals surface area contributed by atoms with Crippen molar-refractivity contribution in [1.82, 2.24) is 0 Å². The summed E-state index contributed by atoms with van der Waals surface area (Å²) in [5.41, 5.74) is 0.753. The molecule has 7 heteroatoms. The first-order valence-corrected chi connectivity index (χ1v) is 7.09. The molecule has 0 atom stereocenters. The van der Waals surface area contributed by atoms with Crippen LogP contribution in [0, 0.1) is 16.5 Å². The molecule has 4 nitrogen and oxygen atoms in total. The van der Waals surface area contributed by atoms with Crippen LogP contribution in [0.2, 0.25) is 0 Å². The smallest absolute Gasteiger partial charge is 0.271 e. The maximum Gasteiger partial charge on any atom is 0.271 e. The van der Waals surface area contributed by atoms with Gasteiger partial charge in [-0.1, -0.05) is 11.3 Å².